The maximum atomic E-state index is 12.2. The predicted octanol–water partition coefficient (Wildman–Crippen LogP) is 3.94. The highest BCUT2D eigenvalue weighted by molar-refractivity contribution is 5.89. The minimum absolute atomic E-state index is 0.0132. The van der Waals surface area contributed by atoms with E-state index >= 15 is 0 Å². The van der Waals surface area contributed by atoms with E-state index in [1.807, 2.05) is 59.4 Å². The number of carbonyl (C=O) groups excluding carboxylic acids is 1. The molecule has 2 aromatic heterocycles. The highest BCUT2D eigenvalue weighted by Crippen LogP contribution is 2.20. The van der Waals surface area contributed by atoms with Crippen LogP contribution in [-0.4, -0.2) is 20.7 Å². The first-order valence-electron chi connectivity index (χ1n) is 8.51. The molecule has 0 bridgehead atoms. The molecular weight excluding hydrogens is 342 g/mol. The summed E-state index contributed by atoms with van der Waals surface area (Å²) in [5.41, 5.74) is 2.46. The van der Waals surface area contributed by atoms with E-state index in [4.69, 9.17) is 9.15 Å². The molecule has 134 valence electrons. The number of hydrogen-bond acceptors (Lipinski definition) is 5. The third kappa shape index (κ3) is 4.12. The Morgan fingerprint density at radius 1 is 1.04 bits per heavy atom. The fourth-order valence-corrected chi connectivity index (χ4v) is 2.65. The molecule has 0 aliphatic rings. The zero-order valence-corrected chi connectivity index (χ0v) is 14.5. The van der Waals surface area contributed by atoms with Crippen molar-refractivity contribution in [1.82, 2.24) is 14.8 Å². The fraction of sp³-hybridized carbons (Fsp3) is 0.0952. The predicted molar refractivity (Wildman–Crippen MR) is 98.8 cm³/mol. The maximum Gasteiger partial charge on any atom is 0.338 e. The largest absolute Gasteiger partial charge is 0.452 e. The van der Waals surface area contributed by atoms with Gasteiger partial charge in [-0.05, 0) is 23.8 Å². The van der Waals surface area contributed by atoms with Crippen LogP contribution >= 0.6 is 0 Å². The Hall–Kier alpha value is -3.67. The zero-order valence-electron chi connectivity index (χ0n) is 14.5. The SMILES string of the molecule is O=C(OCc1ncc(-c2ccccc2)o1)c1ccc(Cn2cccn2)cc1. The van der Waals surface area contributed by atoms with Gasteiger partial charge in [-0.15, -0.1) is 0 Å². The summed E-state index contributed by atoms with van der Waals surface area (Å²) in [5, 5.41) is 4.16. The van der Waals surface area contributed by atoms with Crippen molar-refractivity contribution in [2.24, 2.45) is 0 Å². The molecule has 6 nitrogen and oxygen atoms in total. The van der Waals surface area contributed by atoms with Crippen LogP contribution in [0.3, 0.4) is 0 Å². The second kappa shape index (κ2) is 7.70. The molecule has 2 aromatic carbocycles. The van der Waals surface area contributed by atoms with Crippen LogP contribution in [0.5, 0.6) is 0 Å². The van der Waals surface area contributed by atoms with Crippen molar-refractivity contribution >= 4 is 5.97 Å². The molecule has 0 saturated carbocycles. The molecule has 0 N–H and O–H groups in total. The van der Waals surface area contributed by atoms with Crippen molar-refractivity contribution in [2.45, 2.75) is 13.2 Å². The molecule has 0 amide bonds. The van der Waals surface area contributed by atoms with E-state index in [-0.39, 0.29) is 6.61 Å². The molecule has 0 spiro atoms. The molecule has 4 aromatic rings. The number of carbonyl (C=O) groups is 1. The van der Waals surface area contributed by atoms with Crippen LogP contribution in [0.2, 0.25) is 0 Å². The van der Waals surface area contributed by atoms with Gasteiger partial charge in [-0.2, -0.15) is 5.10 Å². The van der Waals surface area contributed by atoms with Gasteiger partial charge in [0.15, 0.2) is 12.4 Å². The summed E-state index contributed by atoms with van der Waals surface area (Å²) in [7, 11) is 0. The van der Waals surface area contributed by atoms with Gasteiger partial charge in [0.25, 0.3) is 0 Å². The van der Waals surface area contributed by atoms with Crippen molar-refractivity contribution in [3.05, 3.63) is 96.3 Å². The Bertz CT molecular complexity index is 1010. The molecule has 4 rings (SSSR count). The molecule has 0 aliphatic carbocycles. The molecule has 0 unspecified atom stereocenters. The van der Waals surface area contributed by atoms with Crippen molar-refractivity contribution in [3.63, 3.8) is 0 Å². The zero-order chi connectivity index (χ0) is 18.5. The molecular formula is C21H17N3O3. The van der Waals surface area contributed by atoms with E-state index < -0.39 is 5.97 Å². The summed E-state index contributed by atoms with van der Waals surface area (Å²) in [4.78, 5) is 16.4. The number of aromatic nitrogens is 3. The molecule has 27 heavy (non-hydrogen) atoms. The average molecular weight is 359 g/mol. The van der Waals surface area contributed by atoms with Crippen LogP contribution in [0.1, 0.15) is 21.8 Å². The Labute approximate surface area is 156 Å². The lowest BCUT2D eigenvalue weighted by atomic mass is 10.1. The van der Waals surface area contributed by atoms with Crippen LogP contribution < -0.4 is 0 Å². The van der Waals surface area contributed by atoms with Crippen molar-refractivity contribution in [3.8, 4) is 11.3 Å². The normalized spacial score (nSPS) is 10.7. The van der Waals surface area contributed by atoms with Gasteiger partial charge in [-0.1, -0.05) is 42.5 Å². The lowest BCUT2D eigenvalue weighted by Gasteiger charge is -2.05. The van der Waals surface area contributed by atoms with Crippen LogP contribution in [0.4, 0.5) is 0 Å². The van der Waals surface area contributed by atoms with Gasteiger partial charge in [-0.3, -0.25) is 4.68 Å². The van der Waals surface area contributed by atoms with E-state index in [1.165, 1.54) is 0 Å². The van der Waals surface area contributed by atoms with Crippen LogP contribution in [0, 0.1) is 0 Å². The Balaban J connectivity index is 1.35. The summed E-state index contributed by atoms with van der Waals surface area (Å²) in [6, 6.07) is 18.8. The summed E-state index contributed by atoms with van der Waals surface area (Å²) in [6.45, 7) is 0.640. The van der Waals surface area contributed by atoms with Gasteiger partial charge in [0.1, 0.15) is 0 Å². The lowest BCUT2D eigenvalue weighted by Crippen LogP contribution is -2.06. The molecule has 2 heterocycles. The average Bonchev–Trinajstić information content (AvgIpc) is 3.39. The highest BCUT2D eigenvalue weighted by atomic mass is 16.5. The molecule has 0 aliphatic heterocycles. The number of ether oxygens (including phenoxy) is 1. The van der Waals surface area contributed by atoms with Crippen LogP contribution in [-0.2, 0) is 17.9 Å². The van der Waals surface area contributed by atoms with E-state index in [0.29, 0.717) is 23.8 Å². The summed E-state index contributed by atoms with van der Waals surface area (Å²) in [5.74, 6) is 0.585. The summed E-state index contributed by atoms with van der Waals surface area (Å²) >= 11 is 0. The number of hydrogen-bond donors (Lipinski definition) is 0. The molecule has 0 atom stereocenters. The van der Waals surface area contributed by atoms with E-state index in [9.17, 15) is 4.79 Å². The summed E-state index contributed by atoms with van der Waals surface area (Å²) in [6.07, 6.45) is 5.25. The quantitative estimate of drug-likeness (QED) is 0.488. The standard InChI is InChI=1S/C21H17N3O3/c25-21(18-9-7-16(8-10-18)14-24-12-4-11-23-24)26-15-20-22-13-19(27-20)17-5-2-1-3-6-17/h1-13H,14-15H2. The number of oxazole rings is 1. The van der Waals surface area contributed by atoms with Crippen molar-refractivity contribution in [1.29, 1.82) is 0 Å². The first kappa shape index (κ1) is 16.8. The third-order valence-electron chi connectivity index (χ3n) is 4.03. The number of esters is 1. The smallest absolute Gasteiger partial charge is 0.338 e. The highest BCUT2D eigenvalue weighted by Gasteiger charge is 2.11. The van der Waals surface area contributed by atoms with E-state index in [1.54, 1.807) is 24.5 Å². The lowest BCUT2D eigenvalue weighted by molar-refractivity contribution is 0.0439. The minimum atomic E-state index is -0.417. The molecule has 0 saturated heterocycles. The molecule has 0 fully saturated rings. The fourth-order valence-electron chi connectivity index (χ4n) is 2.65. The van der Waals surface area contributed by atoms with Crippen molar-refractivity contribution in [2.75, 3.05) is 0 Å². The Morgan fingerprint density at radius 3 is 2.59 bits per heavy atom. The van der Waals surface area contributed by atoms with E-state index in [2.05, 4.69) is 10.1 Å². The number of rotatable bonds is 6. The third-order valence-corrected chi connectivity index (χ3v) is 4.03. The minimum Gasteiger partial charge on any atom is -0.452 e. The topological polar surface area (TPSA) is 70.2 Å². The Kier molecular flexibility index (Phi) is 4.78. The first-order chi connectivity index (χ1) is 13.3. The van der Waals surface area contributed by atoms with Gasteiger partial charge in [0, 0.05) is 18.0 Å². The van der Waals surface area contributed by atoms with Gasteiger partial charge < -0.3 is 9.15 Å². The molecule has 6 heteroatoms. The van der Waals surface area contributed by atoms with Gasteiger partial charge >= 0.3 is 5.97 Å². The van der Waals surface area contributed by atoms with Crippen molar-refractivity contribution < 1.29 is 13.9 Å². The Morgan fingerprint density at radius 2 is 1.85 bits per heavy atom. The maximum absolute atomic E-state index is 12.2. The monoisotopic (exact) mass is 359 g/mol. The van der Waals surface area contributed by atoms with Gasteiger partial charge in [0.05, 0.1) is 18.3 Å². The first-order valence-corrected chi connectivity index (χ1v) is 8.51. The summed E-state index contributed by atoms with van der Waals surface area (Å²) < 4.78 is 12.8. The number of benzene rings is 2. The van der Waals surface area contributed by atoms with E-state index in [0.717, 1.165) is 11.1 Å². The van der Waals surface area contributed by atoms with Gasteiger partial charge in [0.2, 0.25) is 5.89 Å². The van der Waals surface area contributed by atoms with Crippen LogP contribution in [0.25, 0.3) is 11.3 Å². The van der Waals surface area contributed by atoms with Gasteiger partial charge in [-0.25, -0.2) is 9.78 Å². The second-order valence-electron chi connectivity index (χ2n) is 5.96. The van der Waals surface area contributed by atoms with Crippen LogP contribution in [0.15, 0.2) is 83.7 Å². The number of nitrogens with zero attached hydrogens (tertiary/aromatic N) is 3. The molecule has 0 radical (unpaired) electrons. The second-order valence-corrected chi connectivity index (χ2v) is 5.96.